The highest BCUT2D eigenvalue weighted by Crippen LogP contribution is 2.46. The first-order valence-electron chi connectivity index (χ1n) is 8.16. The molecular weight excluding hydrogens is 346 g/mol. The van der Waals surface area contributed by atoms with Crippen molar-refractivity contribution in [3.05, 3.63) is 99.2 Å². The third-order valence-electron chi connectivity index (χ3n) is 4.41. The molecule has 7 nitrogen and oxygen atoms in total. The molecule has 2 aromatic heterocycles. The first kappa shape index (κ1) is 16.5. The third kappa shape index (κ3) is 2.62. The number of benzene rings is 2. The molecule has 4 aromatic rings. The van der Waals surface area contributed by atoms with E-state index in [4.69, 9.17) is 0 Å². The first-order chi connectivity index (χ1) is 13.1. The Labute approximate surface area is 153 Å². The van der Waals surface area contributed by atoms with E-state index < -0.39 is 9.85 Å². The van der Waals surface area contributed by atoms with Crippen molar-refractivity contribution in [2.45, 2.75) is 0 Å². The van der Waals surface area contributed by atoms with Gasteiger partial charge in [0.1, 0.15) is 0 Å². The van der Waals surface area contributed by atoms with Crippen molar-refractivity contribution in [3.8, 4) is 22.3 Å². The second kappa shape index (κ2) is 6.38. The largest absolute Gasteiger partial charge is 0.358 e. The molecule has 132 valence electrons. The summed E-state index contributed by atoms with van der Waals surface area (Å²) in [7, 11) is 0. The highest BCUT2D eigenvalue weighted by atomic mass is 16.6. The third-order valence-corrected chi connectivity index (χ3v) is 4.41. The van der Waals surface area contributed by atoms with E-state index in [-0.39, 0.29) is 22.6 Å². The molecule has 0 atom stereocenters. The molecule has 0 N–H and O–H groups in total. The Kier molecular flexibility index (Phi) is 3.89. The first-order valence-corrected chi connectivity index (χ1v) is 8.16. The van der Waals surface area contributed by atoms with Crippen molar-refractivity contribution in [1.29, 1.82) is 0 Å². The van der Waals surface area contributed by atoms with Crippen molar-refractivity contribution in [2.75, 3.05) is 0 Å². The van der Waals surface area contributed by atoms with Gasteiger partial charge < -0.3 is 10.1 Å². The maximum atomic E-state index is 12.0. The summed E-state index contributed by atoms with van der Waals surface area (Å²) in [5, 5.41) is 23.9. The maximum absolute atomic E-state index is 12.0. The zero-order chi connectivity index (χ0) is 19.0. The zero-order valence-corrected chi connectivity index (χ0v) is 14.0. The monoisotopic (exact) mass is 359 g/mol. The number of hydrogen-bond acceptors (Lipinski definition) is 4. The molecule has 27 heavy (non-hydrogen) atoms. The average molecular weight is 359 g/mol. The van der Waals surface area contributed by atoms with E-state index in [0.29, 0.717) is 11.1 Å². The number of rotatable bonds is 4. The lowest BCUT2D eigenvalue weighted by Gasteiger charge is -2.02. The molecule has 7 heteroatoms. The molecule has 0 saturated carbocycles. The van der Waals surface area contributed by atoms with Crippen LogP contribution in [0.2, 0.25) is 0 Å². The lowest BCUT2D eigenvalue weighted by atomic mass is 10.0. The van der Waals surface area contributed by atoms with Gasteiger partial charge in [-0.2, -0.15) is 4.40 Å². The Hall–Kier alpha value is -4.00. The Morgan fingerprint density at radius 2 is 1.30 bits per heavy atom. The van der Waals surface area contributed by atoms with E-state index in [1.54, 1.807) is 42.5 Å². The van der Waals surface area contributed by atoms with Crippen LogP contribution in [0, 0.1) is 20.2 Å². The van der Waals surface area contributed by atoms with E-state index in [2.05, 4.69) is 0 Å². The zero-order valence-electron chi connectivity index (χ0n) is 14.0. The number of hydrogen-bond donors (Lipinski definition) is 0. The highest BCUT2D eigenvalue weighted by Gasteiger charge is 2.37. The summed E-state index contributed by atoms with van der Waals surface area (Å²) in [6, 6.07) is 20.9. The van der Waals surface area contributed by atoms with Gasteiger partial charge in [-0.25, -0.2) is 0 Å². The van der Waals surface area contributed by atoms with Crippen LogP contribution in [0.3, 0.4) is 0 Å². The van der Waals surface area contributed by atoms with Crippen LogP contribution in [0.5, 0.6) is 0 Å². The summed E-state index contributed by atoms with van der Waals surface area (Å²) in [4.78, 5) is 22.7. The SMILES string of the molecule is O=[N+]([O-])c1c(-c2ccccc2)c([N+](=O)[O-])n2cccc(-c3ccccc3)c12. The van der Waals surface area contributed by atoms with Gasteiger partial charge >= 0.3 is 11.5 Å². The van der Waals surface area contributed by atoms with Crippen LogP contribution in [-0.4, -0.2) is 14.2 Å². The van der Waals surface area contributed by atoms with Crippen LogP contribution >= 0.6 is 0 Å². The molecule has 0 radical (unpaired) electrons. The summed E-state index contributed by atoms with van der Waals surface area (Å²) in [6.45, 7) is 0. The molecule has 0 amide bonds. The number of nitrogens with zero attached hydrogens (tertiary/aromatic N) is 3. The van der Waals surface area contributed by atoms with E-state index >= 15 is 0 Å². The van der Waals surface area contributed by atoms with Crippen molar-refractivity contribution >= 4 is 17.0 Å². The maximum Gasteiger partial charge on any atom is 0.343 e. The molecule has 0 spiro atoms. The normalized spacial score (nSPS) is 10.8. The van der Waals surface area contributed by atoms with Crippen LogP contribution in [0.25, 0.3) is 27.8 Å². The molecule has 2 heterocycles. The Bertz CT molecular complexity index is 1170. The minimum absolute atomic E-state index is 0.00832. The van der Waals surface area contributed by atoms with Gasteiger partial charge in [0.15, 0.2) is 5.56 Å². The molecule has 0 aliphatic carbocycles. The lowest BCUT2D eigenvalue weighted by Crippen LogP contribution is -1.96. The van der Waals surface area contributed by atoms with E-state index in [9.17, 15) is 20.2 Å². The van der Waals surface area contributed by atoms with Crippen molar-refractivity contribution in [1.82, 2.24) is 4.40 Å². The van der Waals surface area contributed by atoms with Gasteiger partial charge in [-0.15, -0.1) is 0 Å². The van der Waals surface area contributed by atoms with Gasteiger partial charge in [0.25, 0.3) is 0 Å². The molecule has 0 unspecified atom stereocenters. The molecule has 0 aliphatic rings. The Morgan fingerprint density at radius 1 is 0.704 bits per heavy atom. The van der Waals surface area contributed by atoms with Crippen LogP contribution in [-0.2, 0) is 0 Å². The van der Waals surface area contributed by atoms with Crippen LogP contribution in [0.15, 0.2) is 79.0 Å². The fourth-order valence-electron chi connectivity index (χ4n) is 3.35. The number of aromatic nitrogens is 1. The van der Waals surface area contributed by atoms with Crippen molar-refractivity contribution < 1.29 is 9.85 Å². The average Bonchev–Trinajstić information content (AvgIpc) is 3.05. The summed E-state index contributed by atoms with van der Waals surface area (Å²) >= 11 is 0. The smallest absolute Gasteiger partial charge is 0.343 e. The minimum Gasteiger partial charge on any atom is -0.358 e. The fourth-order valence-corrected chi connectivity index (χ4v) is 3.35. The molecule has 4 rings (SSSR count). The van der Waals surface area contributed by atoms with Crippen LogP contribution < -0.4 is 0 Å². The van der Waals surface area contributed by atoms with Gasteiger partial charge in [-0.1, -0.05) is 60.7 Å². The molecule has 0 fully saturated rings. The predicted molar refractivity (Wildman–Crippen MR) is 102 cm³/mol. The Balaban J connectivity index is 2.21. The van der Waals surface area contributed by atoms with Crippen LogP contribution in [0.4, 0.5) is 11.5 Å². The van der Waals surface area contributed by atoms with E-state index in [1.807, 2.05) is 30.3 Å². The highest BCUT2D eigenvalue weighted by molar-refractivity contribution is 5.99. The minimum atomic E-state index is -0.572. The number of nitro groups is 2. The summed E-state index contributed by atoms with van der Waals surface area (Å²) in [5.74, 6) is -0.319. The van der Waals surface area contributed by atoms with Crippen molar-refractivity contribution in [3.63, 3.8) is 0 Å². The second-order valence-electron chi connectivity index (χ2n) is 5.93. The molecule has 2 aromatic carbocycles. The summed E-state index contributed by atoms with van der Waals surface area (Å²) in [6.07, 6.45) is 1.49. The summed E-state index contributed by atoms with van der Waals surface area (Å²) in [5.41, 5.74) is 1.69. The molecule has 0 bridgehead atoms. The number of fused-ring (bicyclic) bond motifs is 1. The second-order valence-corrected chi connectivity index (χ2v) is 5.93. The van der Waals surface area contributed by atoms with Gasteiger partial charge in [0.2, 0.25) is 5.52 Å². The van der Waals surface area contributed by atoms with E-state index in [0.717, 1.165) is 5.56 Å². The standard InChI is InChI=1S/C20H13N3O4/c24-22(25)19-17(15-10-5-2-6-11-15)20(23(26)27)21-13-7-12-16(18(19)21)14-8-3-1-4-9-14/h1-13H. The molecule has 0 aliphatic heterocycles. The lowest BCUT2D eigenvalue weighted by molar-refractivity contribution is -0.392. The summed E-state index contributed by atoms with van der Waals surface area (Å²) < 4.78 is 1.29. The predicted octanol–water partition coefficient (Wildman–Crippen LogP) is 5.09. The quantitative estimate of drug-likeness (QED) is 0.375. The van der Waals surface area contributed by atoms with Crippen molar-refractivity contribution in [2.24, 2.45) is 0 Å². The van der Waals surface area contributed by atoms with Gasteiger partial charge in [0, 0.05) is 5.56 Å². The number of pyridine rings is 1. The van der Waals surface area contributed by atoms with Gasteiger partial charge in [-0.05, 0) is 28.2 Å². The Morgan fingerprint density at radius 3 is 1.85 bits per heavy atom. The topological polar surface area (TPSA) is 90.7 Å². The fraction of sp³-hybridized carbons (Fsp3) is 0. The van der Waals surface area contributed by atoms with Gasteiger partial charge in [-0.3, -0.25) is 10.1 Å². The molecule has 0 saturated heterocycles. The van der Waals surface area contributed by atoms with Gasteiger partial charge in [0.05, 0.1) is 11.1 Å². The molecular formula is C20H13N3O4. The van der Waals surface area contributed by atoms with Crippen LogP contribution in [0.1, 0.15) is 0 Å². The van der Waals surface area contributed by atoms with E-state index in [1.165, 1.54) is 10.6 Å².